The monoisotopic (exact) mass is 262 g/mol. The van der Waals surface area contributed by atoms with Crippen molar-refractivity contribution in [2.45, 2.75) is 13.8 Å². The van der Waals surface area contributed by atoms with Gasteiger partial charge in [0.25, 0.3) is 0 Å². The van der Waals surface area contributed by atoms with Crippen LogP contribution in [-0.2, 0) is 4.74 Å². The van der Waals surface area contributed by atoms with E-state index in [4.69, 9.17) is 9.15 Å². The maximum Gasteiger partial charge on any atom is 0.343 e. The zero-order valence-electron chi connectivity index (χ0n) is 10.6. The van der Waals surface area contributed by atoms with Crippen molar-refractivity contribution >= 4 is 18.0 Å². The summed E-state index contributed by atoms with van der Waals surface area (Å²) in [6.07, 6.45) is 3.03. The number of H-pyrrole nitrogens is 1. The lowest BCUT2D eigenvalue weighted by Crippen LogP contribution is -2.08. The molecule has 0 saturated carbocycles. The number of hydrogen-bond donors (Lipinski definition) is 2. The average Bonchev–Trinajstić information content (AvgIpc) is 3.00. The molecule has 2 rings (SSSR count). The molecule has 7 heteroatoms. The van der Waals surface area contributed by atoms with Crippen molar-refractivity contribution in [3.8, 4) is 0 Å². The first kappa shape index (κ1) is 12.9. The van der Waals surface area contributed by atoms with Crippen molar-refractivity contribution in [1.29, 1.82) is 0 Å². The maximum absolute atomic E-state index is 11.7. The van der Waals surface area contributed by atoms with Gasteiger partial charge in [-0.2, -0.15) is 10.2 Å². The van der Waals surface area contributed by atoms with Gasteiger partial charge >= 0.3 is 5.97 Å². The first-order chi connectivity index (χ1) is 9.22. The fourth-order valence-corrected chi connectivity index (χ4v) is 1.48. The van der Waals surface area contributed by atoms with E-state index >= 15 is 0 Å². The Labute approximate surface area is 109 Å². The third-order valence-electron chi connectivity index (χ3n) is 2.33. The number of carbonyl (C=O) groups excluding carboxylic acids is 1. The zero-order chi connectivity index (χ0) is 13.7. The third kappa shape index (κ3) is 3.01. The van der Waals surface area contributed by atoms with Gasteiger partial charge in [0.15, 0.2) is 5.82 Å². The van der Waals surface area contributed by atoms with Crippen molar-refractivity contribution in [1.82, 2.24) is 10.2 Å². The molecule has 0 aliphatic heterocycles. The van der Waals surface area contributed by atoms with Gasteiger partial charge in [0.05, 0.1) is 19.1 Å². The number of aromatic amines is 1. The largest absolute Gasteiger partial charge is 0.463 e. The van der Waals surface area contributed by atoms with Crippen LogP contribution in [0.4, 0.5) is 5.82 Å². The molecular formula is C12H14N4O3. The summed E-state index contributed by atoms with van der Waals surface area (Å²) in [5, 5.41) is 10.6. The molecule has 0 aliphatic carbocycles. The van der Waals surface area contributed by atoms with Gasteiger partial charge < -0.3 is 9.15 Å². The van der Waals surface area contributed by atoms with E-state index in [0.717, 1.165) is 0 Å². The van der Waals surface area contributed by atoms with E-state index in [1.807, 2.05) is 0 Å². The number of anilines is 1. The highest BCUT2D eigenvalue weighted by atomic mass is 16.5. The van der Waals surface area contributed by atoms with Crippen molar-refractivity contribution in [3.05, 3.63) is 35.4 Å². The van der Waals surface area contributed by atoms with Gasteiger partial charge in [-0.1, -0.05) is 0 Å². The summed E-state index contributed by atoms with van der Waals surface area (Å²) in [7, 11) is 0. The van der Waals surface area contributed by atoms with Crippen molar-refractivity contribution in [2.75, 3.05) is 12.0 Å². The minimum absolute atomic E-state index is 0.304. The van der Waals surface area contributed by atoms with E-state index < -0.39 is 5.97 Å². The maximum atomic E-state index is 11.7. The van der Waals surface area contributed by atoms with Gasteiger partial charge in [-0.15, -0.1) is 0 Å². The Morgan fingerprint density at radius 2 is 2.53 bits per heavy atom. The second-order valence-corrected chi connectivity index (χ2v) is 3.68. The molecule has 0 atom stereocenters. The molecule has 2 aromatic heterocycles. The topological polar surface area (TPSA) is 92.5 Å². The summed E-state index contributed by atoms with van der Waals surface area (Å²) in [4.78, 5) is 11.7. The van der Waals surface area contributed by atoms with Crippen molar-refractivity contribution in [2.24, 2.45) is 5.10 Å². The van der Waals surface area contributed by atoms with Crippen LogP contribution >= 0.6 is 0 Å². The van der Waals surface area contributed by atoms with E-state index in [1.54, 1.807) is 32.2 Å². The first-order valence-electron chi connectivity index (χ1n) is 5.77. The third-order valence-corrected chi connectivity index (χ3v) is 2.33. The molecule has 100 valence electrons. The fourth-order valence-electron chi connectivity index (χ4n) is 1.48. The summed E-state index contributed by atoms with van der Waals surface area (Å²) in [6, 6.07) is 3.51. The summed E-state index contributed by atoms with van der Waals surface area (Å²) in [6.45, 7) is 3.79. The van der Waals surface area contributed by atoms with Crippen molar-refractivity contribution < 1.29 is 13.9 Å². The quantitative estimate of drug-likeness (QED) is 0.488. The SMILES string of the molecule is CCOC(=O)c1c(NN=Cc2ccco2)n[nH]c1C. The lowest BCUT2D eigenvalue weighted by atomic mass is 10.2. The van der Waals surface area contributed by atoms with Crippen LogP contribution in [0.1, 0.15) is 28.7 Å². The molecule has 0 radical (unpaired) electrons. The number of nitrogens with one attached hydrogen (secondary N) is 2. The minimum atomic E-state index is -0.440. The predicted octanol–water partition coefficient (Wildman–Crippen LogP) is 1.93. The Bertz CT molecular complexity index is 572. The second-order valence-electron chi connectivity index (χ2n) is 3.68. The number of aromatic nitrogens is 2. The van der Waals surface area contributed by atoms with E-state index in [1.165, 1.54) is 6.21 Å². The Balaban J connectivity index is 2.10. The molecule has 19 heavy (non-hydrogen) atoms. The Morgan fingerprint density at radius 3 is 3.21 bits per heavy atom. The molecule has 0 aliphatic rings. The molecule has 2 aromatic rings. The number of furan rings is 1. The molecule has 0 fully saturated rings. The zero-order valence-corrected chi connectivity index (χ0v) is 10.6. The van der Waals surface area contributed by atoms with Crippen LogP contribution in [-0.4, -0.2) is 29.0 Å². The van der Waals surface area contributed by atoms with Gasteiger partial charge in [0.2, 0.25) is 0 Å². The summed E-state index contributed by atoms with van der Waals surface area (Å²) in [5.41, 5.74) is 3.64. The van der Waals surface area contributed by atoms with Gasteiger partial charge in [0.1, 0.15) is 11.3 Å². The van der Waals surface area contributed by atoms with Crippen LogP contribution in [0.2, 0.25) is 0 Å². The van der Waals surface area contributed by atoms with Gasteiger partial charge in [0, 0.05) is 5.69 Å². The van der Waals surface area contributed by atoms with Crippen LogP contribution in [0, 0.1) is 6.92 Å². The highest BCUT2D eigenvalue weighted by molar-refractivity contribution is 5.96. The normalized spacial score (nSPS) is 10.8. The average molecular weight is 262 g/mol. The first-order valence-corrected chi connectivity index (χ1v) is 5.77. The highest BCUT2D eigenvalue weighted by Gasteiger charge is 2.18. The number of aryl methyl sites for hydroxylation is 1. The van der Waals surface area contributed by atoms with Crippen LogP contribution in [0.5, 0.6) is 0 Å². The summed E-state index contributed by atoms with van der Waals surface area (Å²) < 4.78 is 10.0. The van der Waals surface area contributed by atoms with Crippen LogP contribution in [0.15, 0.2) is 27.9 Å². The molecule has 0 saturated heterocycles. The summed E-state index contributed by atoms with van der Waals surface area (Å²) >= 11 is 0. The lowest BCUT2D eigenvalue weighted by Gasteiger charge is -2.02. The number of ether oxygens (including phenoxy) is 1. The molecule has 0 amide bonds. The molecule has 0 spiro atoms. The predicted molar refractivity (Wildman–Crippen MR) is 69.2 cm³/mol. The fraction of sp³-hybridized carbons (Fsp3) is 0.250. The van der Waals surface area contributed by atoms with E-state index in [9.17, 15) is 4.79 Å². The van der Waals surface area contributed by atoms with Gasteiger partial charge in [-0.3, -0.25) is 10.5 Å². The Morgan fingerprint density at radius 1 is 1.68 bits per heavy atom. The molecular weight excluding hydrogens is 248 g/mol. The number of hydrazone groups is 1. The summed E-state index contributed by atoms with van der Waals surface area (Å²) in [5.74, 6) is 0.473. The van der Waals surface area contributed by atoms with E-state index in [0.29, 0.717) is 29.4 Å². The number of esters is 1. The van der Waals surface area contributed by atoms with Gasteiger partial charge in [-0.25, -0.2) is 4.79 Å². The van der Waals surface area contributed by atoms with Crippen molar-refractivity contribution in [3.63, 3.8) is 0 Å². The Hall–Kier alpha value is -2.57. The number of carbonyl (C=O) groups is 1. The van der Waals surface area contributed by atoms with Crippen LogP contribution in [0.25, 0.3) is 0 Å². The molecule has 0 aromatic carbocycles. The standard InChI is InChI=1S/C12H14N4O3/c1-3-18-12(17)10-8(2)14-16-11(10)15-13-7-9-5-4-6-19-9/h4-7H,3H2,1-2H3,(H2,14,15,16). The van der Waals surface area contributed by atoms with E-state index in [-0.39, 0.29) is 0 Å². The van der Waals surface area contributed by atoms with Crippen LogP contribution in [0.3, 0.4) is 0 Å². The number of hydrogen-bond acceptors (Lipinski definition) is 6. The molecule has 7 nitrogen and oxygen atoms in total. The second kappa shape index (κ2) is 5.85. The molecule has 0 unspecified atom stereocenters. The number of rotatable bonds is 5. The molecule has 2 heterocycles. The molecule has 0 bridgehead atoms. The minimum Gasteiger partial charge on any atom is -0.463 e. The van der Waals surface area contributed by atoms with Crippen LogP contribution < -0.4 is 5.43 Å². The number of nitrogens with zero attached hydrogens (tertiary/aromatic N) is 2. The van der Waals surface area contributed by atoms with E-state index in [2.05, 4.69) is 20.7 Å². The molecule has 2 N–H and O–H groups in total. The van der Waals surface area contributed by atoms with Gasteiger partial charge in [-0.05, 0) is 26.0 Å². The lowest BCUT2D eigenvalue weighted by molar-refractivity contribution is 0.0526. The smallest absolute Gasteiger partial charge is 0.343 e. The Kier molecular flexibility index (Phi) is 3.97. The highest BCUT2D eigenvalue weighted by Crippen LogP contribution is 2.17.